The molecule has 348 valence electrons. The summed E-state index contributed by atoms with van der Waals surface area (Å²) in [4.78, 5) is 12.4. The van der Waals surface area contributed by atoms with Crippen molar-refractivity contribution in [1.29, 1.82) is 0 Å². The predicted molar refractivity (Wildman–Crippen MR) is 275 cm³/mol. The second-order valence-electron chi connectivity index (χ2n) is 16.1. The first kappa shape index (κ1) is 58.3. The fraction of sp³-hybridized carbons (Fsp3) is 0.569. The first-order valence-corrected chi connectivity index (χ1v) is 25.0. The van der Waals surface area contributed by atoms with Crippen molar-refractivity contribution < 1.29 is 15.0 Å². The van der Waals surface area contributed by atoms with Gasteiger partial charge in [-0.1, -0.05) is 230 Å². The number of carbonyl (C=O) groups excluding carboxylic acids is 1. The van der Waals surface area contributed by atoms with Crippen molar-refractivity contribution in [3.63, 3.8) is 0 Å². The Kier molecular flexibility index (Phi) is 48.5. The van der Waals surface area contributed by atoms with Gasteiger partial charge in [0.05, 0.1) is 18.8 Å². The number of nitrogens with one attached hydrogen (secondary N) is 1. The van der Waals surface area contributed by atoms with Crippen molar-refractivity contribution in [3.8, 4) is 0 Å². The Balaban J connectivity index is 3.67. The Morgan fingerprint density at radius 1 is 0.403 bits per heavy atom. The maximum atomic E-state index is 12.4. The molecule has 0 bridgehead atoms. The van der Waals surface area contributed by atoms with E-state index >= 15 is 0 Å². The quantitative estimate of drug-likeness (QED) is 0.0423. The van der Waals surface area contributed by atoms with Gasteiger partial charge >= 0.3 is 0 Å². The van der Waals surface area contributed by atoms with Gasteiger partial charge in [0.25, 0.3) is 0 Å². The van der Waals surface area contributed by atoms with E-state index in [-0.39, 0.29) is 12.5 Å². The lowest BCUT2D eigenvalue weighted by Gasteiger charge is -2.20. The van der Waals surface area contributed by atoms with E-state index in [9.17, 15) is 15.0 Å². The van der Waals surface area contributed by atoms with E-state index < -0.39 is 12.1 Å². The third-order valence-corrected chi connectivity index (χ3v) is 10.3. The molecule has 0 saturated heterocycles. The van der Waals surface area contributed by atoms with Gasteiger partial charge in [0.2, 0.25) is 5.91 Å². The van der Waals surface area contributed by atoms with Crippen molar-refractivity contribution in [2.24, 2.45) is 0 Å². The van der Waals surface area contributed by atoms with Gasteiger partial charge in [-0.15, -0.1) is 0 Å². The van der Waals surface area contributed by atoms with Crippen LogP contribution in [0.3, 0.4) is 0 Å². The molecule has 3 N–H and O–H groups in total. The van der Waals surface area contributed by atoms with E-state index in [0.717, 1.165) is 109 Å². The predicted octanol–water partition coefficient (Wildman–Crippen LogP) is 16.5. The van der Waals surface area contributed by atoms with Gasteiger partial charge in [-0.05, 0) is 103 Å². The highest BCUT2D eigenvalue weighted by Gasteiger charge is 2.17. The molecular formula is C58H93NO3. The van der Waals surface area contributed by atoms with Crippen LogP contribution >= 0.6 is 0 Å². The number of aliphatic hydroxyl groups is 2. The van der Waals surface area contributed by atoms with Crippen LogP contribution in [0, 0.1) is 0 Å². The fourth-order valence-corrected chi connectivity index (χ4v) is 6.53. The van der Waals surface area contributed by atoms with E-state index in [2.05, 4.69) is 153 Å². The molecule has 0 aliphatic rings. The minimum absolute atomic E-state index is 0.0853. The Morgan fingerprint density at radius 3 is 1.06 bits per heavy atom. The summed E-state index contributed by atoms with van der Waals surface area (Å²) >= 11 is 0. The van der Waals surface area contributed by atoms with Crippen LogP contribution in [0.5, 0.6) is 0 Å². The lowest BCUT2D eigenvalue weighted by molar-refractivity contribution is -0.123. The zero-order valence-corrected chi connectivity index (χ0v) is 39.8. The van der Waals surface area contributed by atoms with Crippen molar-refractivity contribution in [3.05, 3.63) is 146 Å². The maximum absolute atomic E-state index is 12.4. The third-order valence-electron chi connectivity index (χ3n) is 10.3. The van der Waals surface area contributed by atoms with E-state index in [4.69, 9.17) is 0 Å². The van der Waals surface area contributed by atoms with Gasteiger partial charge in [-0.25, -0.2) is 0 Å². The van der Waals surface area contributed by atoms with Crippen LogP contribution in [-0.4, -0.2) is 34.9 Å². The monoisotopic (exact) mass is 852 g/mol. The van der Waals surface area contributed by atoms with E-state index in [1.54, 1.807) is 6.08 Å². The number of rotatable bonds is 43. The Labute approximate surface area is 383 Å². The minimum Gasteiger partial charge on any atom is -0.394 e. The lowest BCUT2D eigenvalue weighted by atomic mass is 10.1. The molecule has 4 heteroatoms. The molecule has 0 fully saturated rings. The van der Waals surface area contributed by atoms with Crippen LogP contribution < -0.4 is 5.32 Å². The molecule has 0 saturated carbocycles. The molecule has 2 unspecified atom stereocenters. The summed E-state index contributed by atoms with van der Waals surface area (Å²) in [5, 5.41) is 22.9. The zero-order valence-electron chi connectivity index (χ0n) is 39.8. The smallest absolute Gasteiger partial charge is 0.220 e. The van der Waals surface area contributed by atoms with Crippen LogP contribution in [0.2, 0.25) is 0 Å². The number of amides is 1. The van der Waals surface area contributed by atoms with Crippen molar-refractivity contribution >= 4 is 5.91 Å². The fourth-order valence-electron chi connectivity index (χ4n) is 6.53. The molecule has 2 atom stereocenters. The van der Waals surface area contributed by atoms with Gasteiger partial charge in [0.15, 0.2) is 0 Å². The standard InChI is InChI=1S/C58H93NO3/c1-3-5-7-9-11-13-14-15-16-17-18-19-20-21-22-23-24-25-26-27-28-29-30-31-32-33-34-35-36-37-38-39-40-41-42-43-44-46-48-50-52-54-58(62)59-56(55-60)57(61)53-51-49-47-45-12-10-8-6-4-2/h5,7,11,13,15-16,18-19,21-22,24-25,27-28,30-31,33-34,36-37,39-40,51,53,56-57,60-61H,3-4,6,8-10,12,14,17,20,23,26,29,32,35,38,41-50,52,54-55H2,1-2H3,(H,59,62)/b7-5-,13-11-,16-15-,19-18-,22-21-,25-24-,28-27-,31-30-,34-33-,37-36-,40-39-,53-51+. The molecule has 62 heavy (non-hydrogen) atoms. The van der Waals surface area contributed by atoms with Crippen LogP contribution in [-0.2, 0) is 4.79 Å². The summed E-state index contributed by atoms with van der Waals surface area (Å²) in [5.74, 6) is -0.0853. The van der Waals surface area contributed by atoms with Crippen LogP contribution in [0.1, 0.15) is 194 Å². The third kappa shape index (κ3) is 47.3. The molecule has 0 aliphatic carbocycles. The second kappa shape index (κ2) is 51.6. The second-order valence-corrected chi connectivity index (χ2v) is 16.1. The van der Waals surface area contributed by atoms with Crippen LogP contribution in [0.15, 0.2) is 146 Å². The summed E-state index contributed by atoms with van der Waals surface area (Å²) < 4.78 is 0. The maximum Gasteiger partial charge on any atom is 0.220 e. The SMILES string of the molecule is CC/C=C\C/C=C\C/C=C\C/C=C\C/C=C\C/C=C\C/C=C\C/C=C\C/C=C\C/C=C\C/C=C\CCCCCCCCCC(=O)NC(CO)C(O)/C=C/CCCCCCCCC. The van der Waals surface area contributed by atoms with E-state index in [0.29, 0.717) is 6.42 Å². The van der Waals surface area contributed by atoms with Crippen molar-refractivity contribution in [1.82, 2.24) is 5.32 Å². The summed E-state index contributed by atoms with van der Waals surface area (Å²) in [5.41, 5.74) is 0. The number of hydrogen-bond acceptors (Lipinski definition) is 3. The number of unbranched alkanes of at least 4 members (excludes halogenated alkanes) is 14. The highest BCUT2D eigenvalue weighted by atomic mass is 16.3. The molecule has 0 aromatic carbocycles. The first-order chi connectivity index (χ1) is 30.7. The normalized spacial score (nSPS) is 14.2. The van der Waals surface area contributed by atoms with Crippen molar-refractivity contribution in [2.45, 2.75) is 206 Å². The molecule has 0 spiro atoms. The average molecular weight is 852 g/mol. The first-order valence-electron chi connectivity index (χ1n) is 25.0. The van der Waals surface area contributed by atoms with E-state index in [1.807, 2.05) is 6.08 Å². The molecule has 0 aliphatic heterocycles. The van der Waals surface area contributed by atoms with Crippen molar-refractivity contribution in [2.75, 3.05) is 6.61 Å². The van der Waals surface area contributed by atoms with Gasteiger partial charge < -0.3 is 15.5 Å². The number of carbonyl (C=O) groups is 1. The summed E-state index contributed by atoms with van der Waals surface area (Å²) in [6.07, 6.45) is 82.7. The largest absolute Gasteiger partial charge is 0.394 e. The molecule has 1 amide bonds. The van der Waals surface area contributed by atoms with Gasteiger partial charge in [0.1, 0.15) is 0 Å². The summed E-state index contributed by atoms with van der Waals surface area (Å²) in [7, 11) is 0. The highest BCUT2D eigenvalue weighted by Crippen LogP contribution is 2.12. The van der Waals surface area contributed by atoms with E-state index in [1.165, 1.54) is 64.2 Å². The van der Waals surface area contributed by atoms with Crippen LogP contribution in [0.25, 0.3) is 0 Å². The molecule has 0 radical (unpaired) electrons. The van der Waals surface area contributed by atoms with Gasteiger partial charge in [0, 0.05) is 6.42 Å². The Hall–Kier alpha value is -3.73. The lowest BCUT2D eigenvalue weighted by Crippen LogP contribution is -2.45. The zero-order chi connectivity index (χ0) is 44.9. The topological polar surface area (TPSA) is 69.6 Å². The minimum atomic E-state index is -0.851. The number of hydrogen-bond donors (Lipinski definition) is 3. The van der Waals surface area contributed by atoms with Crippen LogP contribution in [0.4, 0.5) is 0 Å². The highest BCUT2D eigenvalue weighted by molar-refractivity contribution is 5.76. The molecular weight excluding hydrogens is 759 g/mol. The molecule has 0 heterocycles. The van der Waals surface area contributed by atoms with Gasteiger partial charge in [-0.2, -0.15) is 0 Å². The summed E-state index contributed by atoms with van der Waals surface area (Å²) in [6.45, 7) is 4.14. The molecule has 4 nitrogen and oxygen atoms in total. The number of allylic oxidation sites excluding steroid dienone is 23. The Bertz CT molecular complexity index is 1330. The average Bonchev–Trinajstić information content (AvgIpc) is 3.28. The van der Waals surface area contributed by atoms with Gasteiger partial charge in [-0.3, -0.25) is 4.79 Å². The molecule has 0 aromatic rings. The summed E-state index contributed by atoms with van der Waals surface area (Å²) in [6, 6.07) is -0.636. The number of aliphatic hydroxyl groups excluding tert-OH is 2. The molecule has 0 aromatic heterocycles. The Morgan fingerprint density at radius 2 is 0.710 bits per heavy atom. The molecule has 0 rings (SSSR count).